The fourth-order valence-corrected chi connectivity index (χ4v) is 1.04. The van der Waals surface area contributed by atoms with Gasteiger partial charge in [-0.3, -0.25) is 4.79 Å². The van der Waals surface area contributed by atoms with Crippen LogP contribution in [-0.2, 0) is 9.53 Å². The average molecular weight is 218 g/mol. The van der Waals surface area contributed by atoms with E-state index in [1.165, 1.54) is 0 Å². The minimum atomic E-state index is -0.905. The molecule has 0 bridgehead atoms. The molecule has 0 heterocycles. The van der Waals surface area contributed by atoms with Gasteiger partial charge in [0.1, 0.15) is 0 Å². The molecule has 0 aliphatic heterocycles. The standard InChI is InChI=1S/C10H22N2O3/c1-10(14,5-6-15-4)8-11-9(13)7-12(2)3/h14H,5-8H2,1-4H3,(H,11,13). The van der Waals surface area contributed by atoms with Crippen molar-refractivity contribution < 1.29 is 14.6 Å². The Hall–Kier alpha value is -0.650. The van der Waals surface area contributed by atoms with Crippen LogP contribution in [0.2, 0.25) is 0 Å². The van der Waals surface area contributed by atoms with Gasteiger partial charge in [0, 0.05) is 26.7 Å². The third-order valence-corrected chi connectivity index (χ3v) is 1.97. The molecule has 0 rings (SSSR count). The number of hydrogen-bond donors (Lipinski definition) is 2. The van der Waals surface area contributed by atoms with Crippen LogP contribution < -0.4 is 5.32 Å². The number of aliphatic hydroxyl groups is 1. The van der Waals surface area contributed by atoms with E-state index in [2.05, 4.69) is 5.32 Å². The third kappa shape index (κ3) is 8.35. The van der Waals surface area contributed by atoms with Crippen LogP contribution in [0, 0.1) is 0 Å². The van der Waals surface area contributed by atoms with Gasteiger partial charge in [-0.2, -0.15) is 0 Å². The number of rotatable bonds is 7. The summed E-state index contributed by atoms with van der Waals surface area (Å²) in [5.74, 6) is -0.0855. The molecule has 0 spiro atoms. The largest absolute Gasteiger partial charge is 0.388 e. The van der Waals surface area contributed by atoms with E-state index in [1.54, 1.807) is 18.9 Å². The monoisotopic (exact) mass is 218 g/mol. The zero-order chi connectivity index (χ0) is 11.9. The van der Waals surface area contributed by atoms with Gasteiger partial charge >= 0.3 is 0 Å². The van der Waals surface area contributed by atoms with Gasteiger partial charge in [-0.15, -0.1) is 0 Å². The molecule has 0 radical (unpaired) electrons. The van der Waals surface area contributed by atoms with E-state index in [0.717, 1.165) is 0 Å². The Balaban J connectivity index is 3.77. The van der Waals surface area contributed by atoms with E-state index in [0.29, 0.717) is 19.6 Å². The Morgan fingerprint density at radius 1 is 1.53 bits per heavy atom. The molecule has 5 heteroatoms. The van der Waals surface area contributed by atoms with E-state index in [1.807, 2.05) is 14.1 Å². The van der Waals surface area contributed by atoms with Crippen LogP contribution in [0.15, 0.2) is 0 Å². The fraction of sp³-hybridized carbons (Fsp3) is 0.900. The van der Waals surface area contributed by atoms with Crippen molar-refractivity contribution in [1.82, 2.24) is 10.2 Å². The van der Waals surface area contributed by atoms with Crippen LogP contribution in [0.25, 0.3) is 0 Å². The summed E-state index contributed by atoms with van der Waals surface area (Å²) in [7, 11) is 5.23. The first-order chi connectivity index (χ1) is 6.87. The number of methoxy groups -OCH3 is 1. The molecule has 0 aliphatic rings. The van der Waals surface area contributed by atoms with Gasteiger partial charge in [0.05, 0.1) is 12.1 Å². The normalized spacial score (nSPS) is 15.1. The van der Waals surface area contributed by atoms with Crippen molar-refractivity contribution in [2.24, 2.45) is 0 Å². The Bertz CT molecular complexity index is 193. The Labute approximate surface area is 91.4 Å². The summed E-state index contributed by atoms with van der Waals surface area (Å²) in [5.41, 5.74) is -0.905. The van der Waals surface area contributed by atoms with Crippen molar-refractivity contribution in [2.45, 2.75) is 18.9 Å². The molecular formula is C10H22N2O3. The van der Waals surface area contributed by atoms with Gasteiger partial charge in [-0.1, -0.05) is 0 Å². The lowest BCUT2D eigenvalue weighted by atomic mass is 10.0. The molecule has 2 N–H and O–H groups in total. The predicted octanol–water partition coefficient (Wildman–Crippen LogP) is -0.548. The number of likely N-dealkylation sites (N-methyl/N-ethyl adjacent to an activating group) is 1. The van der Waals surface area contributed by atoms with Crippen LogP contribution >= 0.6 is 0 Å². The molecular weight excluding hydrogens is 196 g/mol. The maximum absolute atomic E-state index is 11.3. The quantitative estimate of drug-likeness (QED) is 0.602. The molecule has 0 saturated heterocycles. The number of ether oxygens (including phenoxy) is 1. The van der Waals surface area contributed by atoms with Gasteiger partial charge < -0.3 is 20.1 Å². The first kappa shape index (κ1) is 14.3. The first-order valence-electron chi connectivity index (χ1n) is 5.00. The third-order valence-electron chi connectivity index (χ3n) is 1.97. The second kappa shape index (κ2) is 6.76. The highest BCUT2D eigenvalue weighted by molar-refractivity contribution is 5.77. The zero-order valence-corrected chi connectivity index (χ0v) is 10.0. The summed E-state index contributed by atoms with van der Waals surface area (Å²) >= 11 is 0. The second-order valence-corrected chi connectivity index (χ2v) is 4.25. The van der Waals surface area contributed by atoms with Crippen molar-refractivity contribution in [2.75, 3.05) is 40.9 Å². The number of carbonyl (C=O) groups excluding carboxylic acids is 1. The molecule has 0 aromatic rings. The lowest BCUT2D eigenvalue weighted by molar-refractivity contribution is -0.123. The summed E-state index contributed by atoms with van der Waals surface area (Å²) in [6.45, 7) is 2.75. The number of carbonyl (C=O) groups is 1. The van der Waals surface area contributed by atoms with E-state index in [4.69, 9.17) is 4.74 Å². The first-order valence-corrected chi connectivity index (χ1v) is 5.00. The number of hydrogen-bond acceptors (Lipinski definition) is 4. The molecule has 0 aliphatic carbocycles. The minimum Gasteiger partial charge on any atom is -0.388 e. The average Bonchev–Trinajstić information content (AvgIpc) is 2.11. The Kier molecular flexibility index (Phi) is 6.47. The number of nitrogens with one attached hydrogen (secondary N) is 1. The summed E-state index contributed by atoms with van der Waals surface area (Å²) < 4.78 is 4.87. The predicted molar refractivity (Wildman–Crippen MR) is 58.7 cm³/mol. The topological polar surface area (TPSA) is 61.8 Å². The summed E-state index contributed by atoms with van der Waals surface area (Å²) in [4.78, 5) is 13.1. The highest BCUT2D eigenvalue weighted by Gasteiger charge is 2.20. The SMILES string of the molecule is COCCC(C)(O)CNC(=O)CN(C)C. The smallest absolute Gasteiger partial charge is 0.234 e. The lowest BCUT2D eigenvalue weighted by Gasteiger charge is -2.23. The van der Waals surface area contributed by atoms with Crippen molar-refractivity contribution in [3.8, 4) is 0 Å². The molecule has 0 saturated carbocycles. The number of nitrogens with zero attached hydrogens (tertiary/aromatic N) is 1. The molecule has 5 nitrogen and oxygen atoms in total. The Morgan fingerprint density at radius 3 is 2.60 bits per heavy atom. The summed E-state index contributed by atoms with van der Waals surface area (Å²) in [5, 5.41) is 12.5. The van der Waals surface area contributed by atoms with Gasteiger partial charge in [0.15, 0.2) is 0 Å². The van der Waals surface area contributed by atoms with Crippen molar-refractivity contribution >= 4 is 5.91 Å². The van der Waals surface area contributed by atoms with Gasteiger partial charge in [0.25, 0.3) is 0 Å². The van der Waals surface area contributed by atoms with Gasteiger partial charge in [-0.05, 0) is 21.0 Å². The molecule has 0 aromatic carbocycles. The van der Waals surface area contributed by atoms with Crippen LogP contribution in [0.1, 0.15) is 13.3 Å². The van der Waals surface area contributed by atoms with Crippen LogP contribution in [0.4, 0.5) is 0 Å². The molecule has 0 aromatic heterocycles. The highest BCUT2D eigenvalue weighted by atomic mass is 16.5. The second-order valence-electron chi connectivity index (χ2n) is 4.25. The van der Waals surface area contributed by atoms with Crippen molar-refractivity contribution in [3.05, 3.63) is 0 Å². The molecule has 0 fully saturated rings. The lowest BCUT2D eigenvalue weighted by Crippen LogP contribution is -2.44. The fourth-order valence-electron chi connectivity index (χ4n) is 1.04. The van der Waals surface area contributed by atoms with Gasteiger partial charge in [0.2, 0.25) is 5.91 Å². The van der Waals surface area contributed by atoms with Crippen molar-refractivity contribution in [3.63, 3.8) is 0 Å². The van der Waals surface area contributed by atoms with Crippen LogP contribution in [0.5, 0.6) is 0 Å². The minimum absolute atomic E-state index is 0.0855. The zero-order valence-electron chi connectivity index (χ0n) is 10.0. The highest BCUT2D eigenvalue weighted by Crippen LogP contribution is 2.07. The van der Waals surface area contributed by atoms with E-state index < -0.39 is 5.60 Å². The molecule has 15 heavy (non-hydrogen) atoms. The van der Waals surface area contributed by atoms with E-state index in [9.17, 15) is 9.90 Å². The van der Waals surface area contributed by atoms with E-state index in [-0.39, 0.29) is 12.5 Å². The van der Waals surface area contributed by atoms with Crippen LogP contribution in [0.3, 0.4) is 0 Å². The molecule has 1 atom stereocenters. The molecule has 90 valence electrons. The molecule has 1 amide bonds. The summed E-state index contributed by atoms with van der Waals surface area (Å²) in [6, 6.07) is 0. The maximum Gasteiger partial charge on any atom is 0.234 e. The van der Waals surface area contributed by atoms with Crippen LogP contribution in [-0.4, -0.2) is 62.4 Å². The van der Waals surface area contributed by atoms with Gasteiger partial charge in [-0.25, -0.2) is 0 Å². The summed E-state index contributed by atoms with van der Waals surface area (Å²) in [6.07, 6.45) is 0.506. The van der Waals surface area contributed by atoms with Crippen molar-refractivity contribution in [1.29, 1.82) is 0 Å². The molecule has 1 unspecified atom stereocenters. The number of amides is 1. The maximum atomic E-state index is 11.3. The Morgan fingerprint density at radius 2 is 2.13 bits per heavy atom. The van der Waals surface area contributed by atoms with E-state index >= 15 is 0 Å².